The lowest BCUT2D eigenvalue weighted by atomic mass is 10.6. The van der Waals surface area contributed by atoms with Gasteiger partial charge in [0.25, 0.3) is 0 Å². The molecule has 1 rings (SSSR count). The van der Waals surface area contributed by atoms with Crippen molar-refractivity contribution in [3.8, 4) is 0 Å². The molecule has 1 saturated carbocycles. The fourth-order valence-corrected chi connectivity index (χ4v) is 1.07. The molecule has 0 unspecified atom stereocenters. The number of halogens is 2. The molecule has 0 saturated heterocycles. The Morgan fingerprint density at radius 2 is 1.55 bits per heavy atom. The molecule has 1 aliphatic rings. The van der Waals surface area contributed by atoms with Gasteiger partial charge in [0.2, 0.25) is 5.79 Å². The van der Waals surface area contributed by atoms with Crippen LogP contribution in [0, 0.1) is 0 Å². The van der Waals surface area contributed by atoms with E-state index >= 15 is 0 Å². The highest BCUT2D eigenvalue weighted by Crippen LogP contribution is 2.56. The Morgan fingerprint density at radius 1 is 1.18 bits per heavy atom. The molecule has 0 bridgehead atoms. The fourth-order valence-electron chi connectivity index (χ4n) is 1.07. The molecular formula is C7H12F2O2. The van der Waals surface area contributed by atoms with Crippen molar-refractivity contribution in [2.24, 2.45) is 0 Å². The van der Waals surface area contributed by atoms with E-state index < -0.39 is 11.7 Å². The minimum absolute atomic E-state index is 0.260. The van der Waals surface area contributed by atoms with E-state index in [2.05, 4.69) is 0 Å². The lowest BCUT2D eigenvalue weighted by Crippen LogP contribution is -2.26. The van der Waals surface area contributed by atoms with Crippen molar-refractivity contribution in [1.82, 2.24) is 0 Å². The Hall–Kier alpha value is -0.220. The molecule has 11 heavy (non-hydrogen) atoms. The molecule has 66 valence electrons. The van der Waals surface area contributed by atoms with E-state index in [1.165, 1.54) is 0 Å². The number of alkyl halides is 2. The minimum Gasteiger partial charge on any atom is -0.345 e. The molecule has 4 heteroatoms. The molecule has 0 N–H and O–H groups in total. The quantitative estimate of drug-likeness (QED) is 0.593. The van der Waals surface area contributed by atoms with E-state index in [4.69, 9.17) is 9.47 Å². The molecule has 0 amide bonds. The first-order valence-electron chi connectivity index (χ1n) is 3.73. The zero-order valence-corrected chi connectivity index (χ0v) is 6.69. The third-order valence-electron chi connectivity index (χ3n) is 1.64. The molecule has 1 fully saturated rings. The second-order valence-electron chi connectivity index (χ2n) is 2.50. The first-order valence-corrected chi connectivity index (χ1v) is 3.73. The first kappa shape index (κ1) is 8.87. The lowest BCUT2D eigenvalue weighted by molar-refractivity contribution is -0.210. The van der Waals surface area contributed by atoms with Crippen molar-refractivity contribution >= 4 is 0 Å². The molecule has 0 heterocycles. The summed E-state index contributed by atoms with van der Waals surface area (Å²) in [4.78, 5) is 0. The van der Waals surface area contributed by atoms with Gasteiger partial charge in [-0.25, -0.2) is 8.78 Å². The summed E-state index contributed by atoms with van der Waals surface area (Å²) in [5.74, 6) is -4.37. The summed E-state index contributed by atoms with van der Waals surface area (Å²) >= 11 is 0. The van der Waals surface area contributed by atoms with E-state index in [0.717, 1.165) is 0 Å². The van der Waals surface area contributed by atoms with Gasteiger partial charge in [-0.15, -0.1) is 0 Å². The molecule has 2 nitrogen and oxygen atoms in total. The first-order chi connectivity index (χ1) is 5.08. The maximum absolute atomic E-state index is 12.6. The van der Waals surface area contributed by atoms with Crippen LogP contribution in [0.25, 0.3) is 0 Å². The second-order valence-corrected chi connectivity index (χ2v) is 2.50. The van der Waals surface area contributed by atoms with Crippen molar-refractivity contribution in [2.45, 2.75) is 32.0 Å². The monoisotopic (exact) mass is 166 g/mol. The van der Waals surface area contributed by atoms with Crippen LogP contribution in [-0.4, -0.2) is 24.9 Å². The van der Waals surface area contributed by atoms with Gasteiger partial charge in [-0.1, -0.05) is 0 Å². The Morgan fingerprint density at radius 3 is 1.73 bits per heavy atom. The third-order valence-corrected chi connectivity index (χ3v) is 1.64. The van der Waals surface area contributed by atoms with Crippen molar-refractivity contribution < 1.29 is 18.3 Å². The summed E-state index contributed by atoms with van der Waals surface area (Å²) in [6.45, 7) is 3.87. The average Bonchev–Trinajstić information content (AvgIpc) is 2.35. The number of hydrogen-bond donors (Lipinski definition) is 0. The Balaban J connectivity index is 2.48. The molecule has 1 aliphatic carbocycles. The lowest BCUT2D eigenvalue weighted by Gasteiger charge is -2.15. The standard InChI is InChI=1S/C7H12F2O2/c1-3-10-7(11-4-2)5-6(7,8)9/h3-5H2,1-2H3. The zero-order chi connectivity index (χ0) is 8.54. The third kappa shape index (κ3) is 1.37. The fraction of sp³-hybridized carbons (Fsp3) is 1.00. The molecule has 0 aromatic heterocycles. The summed E-state index contributed by atoms with van der Waals surface area (Å²) < 4.78 is 34.8. The van der Waals surface area contributed by atoms with Gasteiger partial charge in [-0.3, -0.25) is 0 Å². The van der Waals surface area contributed by atoms with E-state index in [1.807, 2.05) is 0 Å². The Labute approximate surface area is 64.5 Å². The van der Waals surface area contributed by atoms with E-state index in [9.17, 15) is 8.78 Å². The predicted octanol–water partition coefficient (Wildman–Crippen LogP) is 1.79. The predicted molar refractivity (Wildman–Crippen MR) is 35.5 cm³/mol. The maximum Gasteiger partial charge on any atom is 0.306 e. The van der Waals surface area contributed by atoms with Crippen LogP contribution in [0.4, 0.5) is 8.78 Å². The van der Waals surface area contributed by atoms with Crippen LogP contribution >= 0.6 is 0 Å². The van der Waals surface area contributed by atoms with Gasteiger partial charge in [0, 0.05) is 13.2 Å². The smallest absolute Gasteiger partial charge is 0.306 e. The summed E-state index contributed by atoms with van der Waals surface area (Å²) in [5, 5.41) is 0. The maximum atomic E-state index is 12.6. The molecule has 0 spiro atoms. The van der Waals surface area contributed by atoms with Gasteiger partial charge in [-0.2, -0.15) is 0 Å². The van der Waals surface area contributed by atoms with Crippen molar-refractivity contribution in [3.63, 3.8) is 0 Å². The van der Waals surface area contributed by atoms with Gasteiger partial charge in [-0.05, 0) is 13.8 Å². The second kappa shape index (κ2) is 2.68. The van der Waals surface area contributed by atoms with Crippen LogP contribution in [0.3, 0.4) is 0 Å². The van der Waals surface area contributed by atoms with Crippen molar-refractivity contribution in [2.75, 3.05) is 13.2 Å². The number of ether oxygens (including phenoxy) is 2. The van der Waals surface area contributed by atoms with E-state index in [0.29, 0.717) is 0 Å². The molecule has 0 atom stereocenters. The normalized spacial score (nSPS) is 25.1. The highest BCUT2D eigenvalue weighted by Gasteiger charge is 2.74. The molecular weight excluding hydrogens is 154 g/mol. The van der Waals surface area contributed by atoms with Crippen molar-refractivity contribution in [1.29, 1.82) is 0 Å². The number of hydrogen-bond acceptors (Lipinski definition) is 2. The van der Waals surface area contributed by atoms with Crippen LogP contribution in [-0.2, 0) is 9.47 Å². The van der Waals surface area contributed by atoms with Crippen molar-refractivity contribution in [3.05, 3.63) is 0 Å². The van der Waals surface area contributed by atoms with Crippen LogP contribution in [0.2, 0.25) is 0 Å². The van der Waals surface area contributed by atoms with Crippen LogP contribution in [0.15, 0.2) is 0 Å². The zero-order valence-electron chi connectivity index (χ0n) is 6.69. The largest absolute Gasteiger partial charge is 0.345 e. The SMILES string of the molecule is CCOC1(OCC)CC1(F)F. The Kier molecular flexibility index (Phi) is 2.16. The van der Waals surface area contributed by atoms with Gasteiger partial charge >= 0.3 is 5.92 Å². The Bertz CT molecular complexity index is 141. The summed E-state index contributed by atoms with van der Waals surface area (Å²) in [5.41, 5.74) is 0. The van der Waals surface area contributed by atoms with Crippen LogP contribution in [0.5, 0.6) is 0 Å². The highest BCUT2D eigenvalue weighted by molar-refractivity contribution is 5.06. The average molecular weight is 166 g/mol. The highest BCUT2D eigenvalue weighted by atomic mass is 19.3. The van der Waals surface area contributed by atoms with Gasteiger partial charge in [0.15, 0.2) is 0 Å². The van der Waals surface area contributed by atoms with E-state index in [1.54, 1.807) is 13.8 Å². The van der Waals surface area contributed by atoms with Crippen LogP contribution in [0.1, 0.15) is 20.3 Å². The summed E-state index contributed by atoms with van der Waals surface area (Å²) in [6, 6.07) is 0. The summed E-state index contributed by atoms with van der Waals surface area (Å²) in [7, 11) is 0. The molecule has 0 aromatic rings. The van der Waals surface area contributed by atoms with E-state index in [-0.39, 0.29) is 19.6 Å². The summed E-state index contributed by atoms with van der Waals surface area (Å²) in [6.07, 6.45) is -0.304. The molecule has 0 aliphatic heterocycles. The number of rotatable bonds is 4. The van der Waals surface area contributed by atoms with Crippen LogP contribution < -0.4 is 0 Å². The van der Waals surface area contributed by atoms with Gasteiger partial charge in [0.1, 0.15) is 0 Å². The van der Waals surface area contributed by atoms with Gasteiger partial charge in [0.05, 0.1) is 6.42 Å². The van der Waals surface area contributed by atoms with Gasteiger partial charge < -0.3 is 9.47 Å². The topological polar surface area (TPSA) is 18.5 Å². The molecule has 0 radical (unpaired) electrons. The molecule has 0 aromatic carbocycles. The minimum atomic E-state index is -2.78.